The zero-order valence-electron chi connectivity index (χ0n) is 18.6. The molecule has 11 nitrogen and oxygen atoms in total. The van der Waals surface area contributed by atoms with Crippen LogP contribution in [-0.4, -0.2) is 32.3 Å². The van der Waals surface area contributed by atoms with Crippen molar-refractivity contribution in [1.29, 1.82) is 0 Å². The highest BCUT2D eigenvalue weighted by Crippen LogP contribution is 2.37. The first-order valence-electron chi connectivity index (χ1n) is 10.3. The highest BCUT2D eigenvalue weighted by atomic mass is 32.2. The van der Waals surface area contributed by atoms with Crippen molar-refractivity contribution in [2.24, 2.45) is 5.10 Å². The summed E-state index contributed by atoms with van der Waals surface area (Å²) >= 11 is 0. The molecule has 0 spiro atoms. The monoisotopic (exact) mass is 496 g/mol. The van der Waals surface area contributed by atoms with Crippen molar-refractivity contribution < 1.29 is 27.6 Å². The molecule has 0 aromatic heterocycles. The van der Waals surface area contributed by atoms with Gasteiger partial charge in [-0.1, -0.05) is 23.8 Å². The van der Waals surface area contributed by atoms with Crippen LogP contribution in [0.4, 0.5) is 11.4 Å². The summed E-state index contributed by atoms with van der Waals surface area (Å²) < 4.78 is 38.6. The summed E-state index contributed by atoms with van der Waals surface area (Å²) in [5.41, 5.74) is 4.28. The third kappa shape index (κ3) is 5.22. The summed E-state index contributed by atoms with van der Waals surface area (Å²) in [6.45, 7) is 3.64. The Labute approximate surface area is 200 Å². The molecule has 0 unspecified atom stereocenters. The van der Waals surface area contributed by atoms with Crippen LogP contribution in [0.3, 0.4) is 0 Å². The number of benzene rings is 3. The quantitative estimate of drug-likeness (QED) is 0.289. The van der Waals surface area contributed by atoms with Crippen molar-refractivity contribution in [2.45, 2.75) is 18.7 Å². The second kappa shape index (κ2) is 9.43. The van der Waals surface area contributed by atoms with Crippen molar-refractivity contribution in [2.75, 3.05) is 11.5 Å². The number of nitrogens with zero attached hydrogens (tertiary/aromatic N) is 2. The number of fused-ring (bicyclic) bond motifs is 1. The van der Waals surface area contributed by atoms with E-state index in [-0.39, 0.29) is 34.3 Å². The van der Waals surface area contributed by atoms with Crippen molar-refractivity contribution in [1.82, 2.24) is 5.43 Å². The number of nitro benzene ring substituents is 1. The molecular formula is C23H20N4O7S. The molecule has 3 aromatic carbocycles. The van der Waals surface area contributed by atoms with E-state index in [2.05, 4.69) is 15.2 Å². The van der Waals surface area contributed by atoms with Gasteiger partial charge in [0.15, 0.2) is 11.5 Å². The molecule has 1 heterocycles. The Balaban J connectivity index is 1.51. The molecule has 0 fully saturated rings. The molecule has 1 amide bonds. The summed E-state index contributed by atoms with van der Waals surface area (Å²) in [4.78, 5) is 23.2. The lowest BCUT2D eigenvalue weighted by atomic mass is 10.1. The maximum atomic E-state index is 12.8. The van der Waals surface area contributed by atoms with Gasteiger partial charge in [-0.25, -0.2) is 13.8 Å². The molecule has 4 rings (SSSR count). The Bertz CT molecular complexity index is 1470. The number of aryl methyl sites for hydroxylation is 2. The zero-order chi connectivity index (χ0) is 25.2. The molecule has 0 radical (unpaired) electrons. The van der Waals surface area contributed by atoms with E-state index in [1.54, 1.807) is 19.1 Å². The molecule has 0 saturated heterocycles. The average molecular weight is 497 g/mol. The Kier molecular flexibility index (Phi) is 6.38. The fourth-order valence-corrected chi connectivity index (χ4v) is 4.55. The van der Waals surface area contributed by atoms with Gasteiger partial charge in [0.25, 0.3) is 21.6 Å². The van der Waals surface area contributed by atoms with E-state index in [1.807, 2.05) is 13.0 Å². The first-order valence-corrected chi connectivity index (χ1v) is 11.7. The number of anilines is 1. The summed E-state index contributed by atoms with van der Waals surface area (Å²) in [5.74, 6) is -0.142. The van der Waals surface area contributed by atoms with Crippen molar-refractivity contribution >= 4 is 33.5 Å². The van der Waals surface area contributed by atoms with Gasteiger partial charge in [-0.15, -0.1) is 0 Å². The van der Waals surface area contributed by atoms with Crippen molar-refractivity contribution in [3.63, 3.8) is 0 Å². The second-order valence-corrected chi connectivity index (χ2v) is 9.35. The number of amides is 1. The Morgan fingerprint density at radius 1 is 1.09 bits per heavy atom. The first-order chi connectivity index (χ1) is 16.6. The molecule has 1 aliphatic heterocycles. The summed E-state index contributed by atoms with van der Waals surface area (Å²) in [6.07, 6.45) is 1.10. The van der Waals surface area contributed by atoms with Crippen LogP contribution < -0.4 is 19.6 Å². The van der Waals surface area contributed by atoms with Crippen molar-refractivity contribution in [3.8, 4) is 11.5 Å². The Hall–Kier alpha value is -4.45. The number of nitrogens with one attached hydrogen (secondary N) is 2. The van der Waals surface area contributed by atoms with Gasteiger partial charge in [0.05, 0.1) is 33.4 Å². The predicted molar refractivity (Wildman–Crippen MR) is 127 cm³/mol. The SMILES string of the molecule is Cc1ccc(NS(=O)(=O)c2cccc(C(=O)N/N=C\c3cc4c(cc3[N+](=O)[O-])OCO4)c2)c(C)c1. The zero-order valence-corrected chi connectivity index (χ0v) is 19.5. The minimum atomic E-state index is -3.96. The van der Waals surface area contributed by atoms with Crippen LogP contribution in [0.5, 0.6) is 11.5 Å². The van der Waals surface area contributed by atoms with Gasteiger partial charge >= 0.3 is 0 Å². The number of carbonyl (C=O) groups excluding carboxylic acids is 1. The van der Waals surface area contributed by atoms with Crippen LogP contribution in [0.1, 0.15) is 27.0 Å². The Morgan fingerprint density at radius 2 is 1.83 bits per heavy atom. The minimum absolute atomic E-state index is 0.0332. The fraction of sp³-hybridized carbons (Fsp3) is 0.130. The standard InChI is InChI=1S/C23H20N4O7S/c1-14-6-7-19(15(2)8-14)26-35(31,32)18-5-3-4-16(9-18)23(28)25-24-12-17-10-21-22(34-13-33-21)11-20(17)27(29)30/h3-12,26H,13H2,1-2H3,(H,25,28)/b24-12-. The Morgan fingerprint density at radius 3 is 2.54 bits per heavy atom. The summed E-state index contributed by atoms with van der Waals surface area (Å²) in [7, 11) is -3.96. The summed E-state index contributed by atoms with van der Waals surface area (Å²) in [6, 6.07) is 13.3. The summed E-state index contributed by atoms with van der Waals surface area (Å²) in [5, 5.41) is 15.1. The van der Waals surface area contributed by atoms with Gasteiger partial charge < -0.3 is 9.47 Å². The molecule has 35 heavy (non-hydrogen) atoms. The minimum Gasteiger partial charge on any atom is -0.454 e. The molecule has 12 heteroatoms. The molecule has 0 saturated carbocycles. The highest BCUT2D eigenvalue weighted by molar-refractivity contribution is 7.92. The van der Waals surface area contributed by atoms with Crippen molar-refractivity contribution in [3.05, 3.63) is 87.0 Å². The van der Waals surface area contributed by atoms with Gasteiger partial charge in [-0.2, -0.15) is 5.10 Å². The van der Waals surface area contributed by atoms with Crippen LogP contribution in [0.2, 0.25) is 0 Å². The van der Waals surface area contributed by atoms with E-state index < -0.39 is 20.9 Å². The molecule has 0 aliphatic carbocycles. The van der Waals surface area contributed by atoms with Gasteiger partial charge in [0, 0.05) is 5.56 Å². The normalized spacial score (nSPS) is 12.5. The van der Waals surface area contributed by atoms with Crippen LogP contribution in [-0.2, 0) is 10.0 Å². The molecule has 1 aliphatic rings. The van der Waals surface area contributed by atoms with Crippen LogP contribution in [0.15, 0.2) is 64.6 Å². The second-order valence-electron chi connectivity index (χ2n) is 7.67. The number of ether oxygens (including phenoxy) is 2. The topological polar surface area (TPSA) is 149 Å². The first kappa shape index (κ1) is 23.7. The van der Waals surface area contributed by atoms with E-state index >= 15 is 0 Å². The van der Waals surface area contributed by atoms with Crippen LogP contribution in [0.25, 0.3) is 0 Å². The van der Waals surface area contributed by atoms with Gasteiger partial charge in [-0.05, 0) is 49.7 Å². The number of carbonyl (C=O) groups is 1. The van der Waals surface area contributed by atoms with Gasteiger partial charge in [0.2, 0.25) is 6.79 Å². The van der Waals surface area contributed by atoms with Crippen LogP contribution >= 0.6 is 0 Å². The van der Waals surface area contributed by atoms with Gasteiger partial charge in [0.1, 0.15) is 0 Å². The lowest BCUT2D eigenvalue weighted by Gasteiger charge is -2.12. The third-order valence-corrected chi connectivity index (χ3v) is 6.48. The lowest BCUT2D eigenvalue weighted by Crippen LogP contribution is -2.19. The van der Waals surface area contributed by atoms with E-state index in [9.17, 15) is 23.3 Å². The maximum absolute atomic E-state index is 12.8. The lowest BCUT2D eigenvalue weighted by molar-refractivity contribution is -0.385. The molecule has 0 atom stereocenters. The number of nitro groups is 1. The smallest absolute Gasteiger partial charge is 0.282 e. The van der Waals surface area contributed by atoms with Crippen LogP contribution in [0, 0.1) is 24.0 Å². The molecule has 0 bridgehead atoms. The molecular weight excluding hydrogens is 476 g/mol. The van der Waals surface area contributed by atoms with E-state index in [4.69, 9.17) is 9.47 Å². The van der Waals surface area contributed by atoms with Gasteiger partial charge in [-0.3, -0.25) is 19.6 Å². The largest absolute Gasteiger partial charge is 0.454 e. The molecule has 3 aromatic rings. The maximum Gasteiger partial charge on any atom is 0.282 e. The predicted octanol–water partition coefficient (Wildman–Crippen LogP) is 3.51. The number of hydrogen-bond acceptors (Lipinski definition) is 8. The number of hydrazone groups is 1. The third-order valence-electron chi connectivity index (χ3n) is 5.12. The average Bonchev–Trinajstić information content (AvgIpc) is 3.28. The number of rotatable bonds is 7. The highest BCUT2D eigenvalue weighted by Gasteiger charge is 2.23. The van der Waals surface area contributed by atoms with E-state index in [0.29, 0.717) is 11.4 Å². The van der Waals surface area contributed by atoms with E-state index in [1.165, 1.54) is 36.4 Å². The molecule has 180 valence electrons. The molecule has 2 N–H and O–H groups in total. The number of sulfonamides is 1. The fourth-order valence-electron chi connectivity index (χ4n) is 3.37. The number of hydrogen-bond donors (Lipinski definition) is 2. The van der Waals surface area contributed by atoms with E-state index in [0.717, 1.165) is 17.3 Å².